The number of anilines is 4. The molecule has 7 aromatic rings. The van der Waals surface area contributed by atoms with Gasteiger partial charge in [-0.2, -0.15) is 12.6 Å². The molecule has 3 heteroatoms. The summed E-state index contributed by atoms with van der Waals surface area (Å²) in [5, 5.41) is 5.08. The zero-order valence-corrected chi connectivity index (χ0v) is 29.2. The van der Waals surface area contributed by atoms with Crippen LogP contribution in [0.1, 0.15) is 34.6 Å². The summed E-state index contributed by atoms with van der Waals surface area (Å²) in [6, 6.07) is 56.9. The fourth-order valence-corrected chi connectivity index (χ4v) is 7.26. The Kier molecular flexibility index (Phi) is 8.27. The highest BCUT2D eigenvalue weighted by Crippen LogP contribution is 2.43. The van der Waals surface area contributed by atoms with Crippen molar-refractivity contribution in [3.05, 3.63) is 158 Å². The minimum atomic E-state index is -0.372. The van der Waals surface area contributed by atoms with Gasteiger partial charge in [-0.3, -0.25) is 0 Å². The minimum Gasteiger partial charge on any atom is -0.336 e. The van der Waals surface area contributed by atoms with E-state index < -0.39 is 0 Å². The fourth-order valence-electron chi connectivity index (χ4n) is 7.03. The second-order valence-electron chi connectivity index (χ2n) is 14.0. The molecule has 0 aliphatic rings. The van der Waals surface area contributed by atoms with Crippen molar-refractivity contribution in [2.45, 2.75) is 45.0 Å². The van der Waals surface area contributed by atoms with E-state index in [1.807, 2.05) is 6.07 Å². The van der Waals surface area contributed by atoms with Gasteiger partial charge in [0.2, 0.25) is 0 Å². The first kappa shape index (κ1) is 31.6. The Hall–Kier alpha value is -4.99. The zero-order valence-electron chi connectivity index (χ0n) is 28.4. The molecule has 48 heavy (non-hydrogen) atoms. The molecule has 0 saturated heterocycles. The summed E-state index contributed by atoms with van der Waals surface area (Å²) in [5.74, 6) is 0. The van der Waals surface area contributed by atoms with Gasteiger partial charge in [0.05, 0.1) is 10.6 Å². The van der Waals surface area contributed by atoms with Crippen LogP contribution in [0.4, 0.5) is 22.7 Å². The predicted molar refractivity (Wildman–Crippen MR) is 212 cm³/mol. The summed E-state index contributed by atoms with van der Waals surface area (Å²) in [6.07, 6.45) is 0. The van der Waals surface area contributed by atoms with E-state index in [-0.39, 0.29) is 10.4 Å². The maximum absolute atomic E-state index is 4.95. The van der Waals surface area contributed by atoms with Crippen molar-refractivity contribution in [1.82, 2.24) is 0 Å². The van der Waals surface area contributed by atoms with Crippen molar-refractivity contribution < 1.29 is 0 Å². The lowest BCUT2D eigenvalue weighted by atomic mass is 9.93. The number of thiol groups is 1. The molecular weight excluding hydrogens is 601 g/mol. The van der Waals surface area contributed by atoms with Crippen LogP contribution in [0.5, 0.6) is 0 Å². The second-order valence-corrected chi connectivity index (χ2v) is 15.1. The SMILES string of the molecule is CC(C)(C)N(c1ccc(-c2ccccc2-c2ccc(N(c3ccccc3)C(C)(C)S)cc2)cc1)c1cc2ccccc2c2ccccc12. The van der Waals surface area contributed by atoms with E-state index in [0.29, 0.717) is 0 Å². The molecule has 0 fully saturated rings. The zero-order chi connectivity index (χ0) is 33.5. The van der Waals surface area contributed by atoms with Gasteiger partial charge in [0, 0.05) is 28.0 Å². The summed E-state index contributed by atoms with van der Waals surface area (Å²) in [7, 11) is 0. The van der Waals surface area contributed by atoms with Gasteiger partial charge in [-0.05, 0) is 115 Å². The van der Waals surface area contributed by atoms with Crippen LogP contribution in [0, 0.1) is 0 Å². The third kappa shape index (κ3) is 6.07. The summed E-state index contributed by atoms with van der Waals surface area (Å²) < 4.78 is 0. The second kappa shape index (κ2) is 12.6. The molecule has 0 aromatic heterocycles. The van der Waals surface area contributed by atoms with Crippen LogP contribution < -0.4 is 9.80 Å². The Morgan fingerprint density at radius 1 is 0.417 bits per heavy atom. The van der Waals surface area contributed by atoms with Gasteiger partial charge in [0.25, 0.3) is 0 Å². The predicted octanol–water partition coefficient (Wildman–Crippen LogP) is 13.1. The van der Waals surface area contributed by atoms with Crippen LogP contribution in [0.15, 0.2) is 158 Å². The van der Waals surface area contributed by atoms with Crippen molar-refractivity contribution in [1.29, 1.82) is 0 Å². The third-order valence-electron chi connectivity index (χ3n) is 9.02. The summed E-state index contributed by atoms with van der Waals surface area (Å²) >= 11 is 4.95. The van der Waals surface area contributed by atoms with E-state index in [1.165, 1.54) is 55.2 Å². The molecule has 0 radical (unpaired) electrons. The molecule has 2 nitrogen and oxygen atoms in total. The normalized spacial score (nSPS) is 12.0. The van der Waals surface area contributed by atoms with Crippen molar-refractivity contribution in [2.24, 2.45) is 0 Å². The maximum Gasteiger partial charge on any atom is 0.0824 e. The lowest BCUT2D eigenvalue weighted by molar-refractivity contribution is 0.562. The topological polar surface area (TPSA) is 6.48 Å². The highest BCUT2D eigenvalue weighted by atomic mass is 32.1. The third-order valence-corrected chi connectivity index (χ3v) is 9.22. The van der Waals surface area contributed by atoms with Gasteiger partial charge in [-0.1, -0.05) is 115 Å². The number of benzene rings is 7. The smallest absolute Gasteiger partial charge is 0.0824 e. The number of nitrogens with zero attached hydrogens (tertiary/aromatic N) is 2. The standard InChI is InChI=1S/C45H42N2S/c1-44(2,3)47(43-31-34-15-9-10-20-40(34)41-21-13-14-22-42(41)43)37-29-25-33(26-30-37)39-19-12-11-18-38(39)32-23-27-36(28-24-32)46(45(4,5)48)35-16-7-6-8-17-35/h6-31,48H,1-5H3. The van der Waals surface area contributed by atoms with Gasteiger partial charge < -0.3 is 9.80 Å². The molecule has 0 amide bonds. The largest absolute Gasteiger partial charge is 0.336 e. The molecule has 0 aliphatic carbocycles. The number of hydrogen-bond acceptors (Lipinski definition) is 3. The van der Waals surface area contributed by atoms with Crippen molar-refractivity contribution in [3.8, 4) is 22.3 Å². The van der Waals surface area contributed by atoms with E-state index in [4.69, 9.17) is 12.6 Å². The van der Waals surface area contributed by atoms with Gasteiger partial charge in [0.1, 0.15) is 0 Å². The Morgan fingerprint density at radius 3 is 1.40 bits per heavy atom. The minimum absolute atomic E-state index is 0.151. The Balaban J connectivity index is 1.26. The van der Waals surface area contributed by atoms with E-state index in [2.05, 4.69) is 196 Å². The van der Waals surface area contributed by atoms with Gasteiger partial charge in [-0.25, -0.2) is 0 Å². The van der Waals surface area contributed by atoms with Crippen LogP contribution in [-0.4, -0.2) is 10.4 Å². The van der Waals surface area contributed by atoms with Crippen molar-refractivity contribution in [2.75, 3.05) is 9.80 Å². The monoisotopic (exact) mass is 642 g/mol. The lowest BCUT2D eigenvalue weighted by Crippen LogP contribution is -2.37. The first-order valence-electron chi connectivity index (χ1n) is 16.7. The number of hydrogen-bond donors (Lipinski definition) is 1. The average molecular weight is 643 g/mol. The molecule has 238 valence electrons. The lowest BCUT2D eigenvalue weighted by Gasteiger charge is -2.39. The molecular formula is C45H42N2S. The number of fused-ring (bicyclic) bond motifs is 3. The highest BCUT2D eigenvalue weighted by Gasteiger charge is 2.27. The first-order valence-corrected chi connectivity index (χ1v) is 17.1. The van der Waals surface area contributed by atoms with Gasteiger partial charge in [0.15, 0.2) is 0 Å². The maximum atomic E-state index is 4.95. The van der Waals surface area contributed by atoms with Crippen LogP contribution in [0.25, 0.3) is 43.8 Å². The highest BCUT2D eigenvalue weighted by molar-refractivity contribution is 7.81. The first-order chi connectivity index (χ1) is 23.1. The summed E-state index contributed by atoms with van der Waals surface area (Å²) in [5.41, 5.74) is 9.26. The summed E-state index contributed by atoms with van der Waals surface area (Å²) in [4.78, 5) is 4.38. The van der Waals surface area contributed by atoms with Crippen LogP contribution >= 0.6 is 12.6 Å². The van der Waals surface area contributed by atoms with Crippen LogP contribution in [-0.2, 0) is 0 Å². The molecule has 7 rings (SSSR count). The quantitative estimate of drug-likeness (QED) is 0.105. The van der Waals surface area contributed by atoms with E-state index in [0.717, 1.165) is 11.4 Å². The van der Waals surface area contributed by atoms with Crippen LogP contribution in [0.2, 0.25) is 0 Å². The summed E-state index contributed by atoms with van der Waals surface area (Å²) in [6.45, 7) is 11.1. The molecule has 0 atom stereocenters. The van der Waals surface area contributed by atoms with Crippen LogP contribution in [0.3, 0.4) is 0 Å². The molecule has 0 spiro atoms. The Labute approximate surface area is 290 Å². The van der Waals surface area contributed by atoms with E-state index in [1.54, 1.807) is 0 Å². The molecule has 0 N–H and O–H groups in total. The Morgan fingerprint density at radius 2 is 0.854 bits per heavy atom. The molecule has 7 aromatic carbocycles. The molecule has 0 unspecified atom stereocenters. The van der Waals surface area contributed by atoms with E-state index in [9.17, 15) is 0 Å². The number of para-hydroxylation sites is 1. The van der Waals surface area contributed by atoms with Crippen molar-refractivity contribution >= 4 is 56.9 Å². The average Bonchev–Trinajstić information content (AvgIpc) is 3.08. The Bertz CT molecular complexity index is 2190. The molecule has 0 aliphatic heterocycles. The van der Waals surface area contributed by atoms with Crippen molar-refractivity contribution in [3.63, 3.8) is 0 Å². The fraction of sp³-hybridized carbons (Fsp3) is 0.156. The molecule has 0 bridgehead atoms. The van der Waals surface area contributed by atoms with E-state index >= 15 is 0 Å². The van der Waals surface area contributed by atoms with Gasteiger partial charge >= 0.3 is 0 Å². The molecule has 0 saturated carbocycles. The number of rotatable bonds is 7. The van der Waals surface area contributed by atoms with Gasteiger partial charge in [-0.15, -0.1) is 0 Å². The molecule has 0 heterocycles.